The maximum atomic E-state index is 13.6. The summed E-state index contributed by atoms with van der Waals surface area (Å²) in [6.45, 7) is 0. The van der Waals surface area contributed by atoms with Crippen LogP contribution < -0.4 is 11.3 Å². The highest BCUT2D eigenvalue weighted by atomic mass is 19.1. The van der Waals surface area contributed by atoms with Crippen molar-refractivity contribution >= 4 is 0 Å². The Balaban J connectivity index is 2.04. The Hall–Kier alpha value is -1.00. The van der Waals surface area contributed by atoms with Gasteiger partial charge in [-0.1, -0.05) is 25.3 Å². The second-order valence-corrected chi connectivity index (χ2v) is 5.11. The van der Waals surface area contributed by atoms with E-state index in [1.807, 2.05) is 0 Å². The normalized spacial score (nSPS) is 18.8. The van der Waals surface area contributed by atoms with Crippen LogP contribution in [0.15, 0.2) is 18.2 Å². The molecule has 100 valence electrons. The molecule has 1 saturated carbocycles. The summed E-state index contributed by atoms with van der Waals surface area (Å²) in [6.07, 6.45) is 6.50. The lowest BCUT2D eigenvalue weighted by Gasteiger charge is -2.29. The summed E-state index contributed by atoms with van der Waals surface area (Å²) < 4.78 is 26.4. The highest BCUT2D eigenvalue weighted by Gasteiger charge is 2.23. The number of hydrogen-bond donors (Lipinski definition) is 2. The summed E-state index contributed by atoms with van der Waals surface area (Å²) in [5.74, 6) is 5.06. The monoisotopic (exact) mass is 254 g/mol. The van der Waals surface area contributed by atoms with Crippen LogP contribution in [0.1, 0.15) is 37.7 Å². The molecule has 3 N–H and O–H groups in total. The molecule has 1 fully saturated rings. The first-order valence-corrected chi connectivity index (χ1v) is 6.60. The van der Waals surface area contributed by atoms with Gasteiger partial charge < -0.3 is 0 Å². The molecule has 0 spiro atoms. The molecule has 0 aliphatic heterocycles. The van der Waals surface area contributed by atoms with E-state index in [9.17, 15) is 8.78 Å². The molecule has 1 unspecified atom stereocenters. The molecule has 0 radical (unpaired) electrons. The topological polar surface area (TPSA) is 38.0 Å². The predicted octanol–water partition coefficient (Wildman–Crippen LogP) is 2.92. The maximum absolute atomic E-state index is 13.6. The maximum Gasteiger partial charge on any atom is 0.129 e. The zero-order chi connectivity index (χ0) is 13.0. The van der Waals surface area contributed by atoms with Gasteiger partial charge in [-0.2, -0.15) is 0 Å². The van der Waals surface area contributed by atoms with Crippen LogP contribution >= 0.6 is 0 Å². The standard InChI is InChI=1S/C14H20F2N2/c15-12-7-6-11(13(16)9-12)8-14(18-17)10-4-2-1-3-5-10/h6-7,9-10,14,18H,1-5,8,17H2. The van der Waals surface area contributed by atoms with E-state index in [0.717, 1.165) is 18.9 Å². The van der Waals surface area contributed by atoms with E-state index >= 15 is 0 Å². The minimum absolute atomic E-state index is 0.0743. The van der Waals surface area contributed by atoms with Crippen molar-refractivity contribution in [1.82, 2.24) is 5.43 Å². The summed E-state index contributed by atoms with van der Waals surface area (Å²) in [6, 6.07) is 3.82. The molecule has 1 aliphatic rings. The van der Waals surface area contributed by atoms with Crippen molar-refractivity contribution in [3.05, 3.63) is 35.4 Å². The van der Waals surface area contributed by atoms with Crippen molar-refractivity contribution in [3.63, 3.8) is 0 Å². The highest BCUT2D eigenvalue weighted by molar-refractivity contribution is 5.19. The summed E-state index contributed by atoms with van der Waals surface area (Å²) in [5, 5.41) is 0. The van der Waals surface area contributed by atoms with Gasteiger partial charge in [0.15, 0.2) is 0 Å². The summed E-state index contributed by atoms with van der Waals surface area (Å²) in [5.41, 5.74) is 3.33. The Morgan fingerprint density at radius 1 is 1.22 bits per heavy atom. The zero-order valence-corrected chi connectivity index (χ0v) is 10.5. The van der Waals surface area contributed by atoms with Gasteiger partial charge in [0.25, 0.3) is 0 Å². The van der Waals surface area contributed by atoms with E-state index in [1.165, 1.54) is 31.4 Å². The molecule has 1 aromatic rings. The van der Waals surface area contributed by atoms with Crippen LogP contribution in [-0.2, 0) is 6.42 Å². The first-order valence-electron chi connectivity index (χ1n) is 6.60. The smallest absolute Gasteiger partial charge is 0.129 e. The van der Waals surface area contributed by atoms with E-state index in [2.05, 4.69) is 5.43 Å². The Morgan fingerprint density at radius 3 is 2.56 bits per heavy atom. The first-order chi connectivity index (χ1) is 8.70. The summed E-state index contributed by atoms with van der Waals surface area (Å²) in [7, 11) is 0. The number of halogens is 2. The average Bonchev–Trinajstić information content (AvgIpc) is 2.39. The van der Waals surface area contributed by atoms with Crippen LogP contribution in [0.5, 0.6) is 0 Å². The van der Waals surface area contributed by atoms with Crippen molar-refractivity contribution in [1.29, 1.82) is 0 Å². The highest BCUT2D eigenvalue weighted by Crippen LogP contribution is 2.28. The average molecular weight is 254 g/mol. The van der Waals surface area contributed by atoms with Gasteiger partial charge in [-0.25, -0.2) is 8.78 Å². The van der Waals surface area contributed by atoms with Crippen molar-refractivity contribution in [2.45, 2.75) is 44.6 Å². The van der Waals surface area contributed by atoms with E-state index < -0.39 is 11.6 Å². The molecule has 0 amide bonds. The summed E-state index contributed by atoms with van der Waals surface area (Å²) >= 11 is 0. The zero-order valence-electron chi connectivity index (χ0n) is 10.5. The van der Waals surface area contributed by atoms with Crippen LogP contribution in [0.4, 0.5) is 8.78 Å². The lowest BCUT2D eigenvalue weighted by molar-refractivity contribution is 0.267. The van der Waals surface area contributed by atoms with Gasteiger partial charge in [-0.05, 0) is 36.8 Å². The number of rotatable bonds is 4. The van der Waals surface area contributed by atoms with Gasteiger partial charge in [-0.3, -0.25) is 11.3 Å². The van der Waals surface area contributed by atoms with Crippen LogP contribution in [0.3, 0.4) is 0 Å². The number of nitrogens with two attached hydrogens (primary N) is 1. The van der Waals surface area contributed by atoms with Crippen molar-refractivity contribution in [2.24, 2.45) is 11.8 Å². The number of nitrogens with one attached hydrogen (secondary N) is 1. The molecule has 0 saturated heterocycles. The van der Waals surface area contributed by atoms with E-state index in [-0.39, 0.29) is 6.04 Å². The third-order valence-corrected chi connectivity index (χ3v) is 3.89. The van der Waals surface area contributed by atoms with Crippen LogP contribution in [0.25, 0.3) is 0 Å². The fraction of sp³-hybridized carbons (Fsp3) is 0.571. The number of benzene rings is 1. The molecule has 2 rings (SSSR count). The lowest BCUT2D eigenvalue weighted by atomic mass is 9.82. The largest absolute Gasteiger partial charge is 0.271 e. The Kier molecular flexibility index (Phi) is 4.66. The van der Waals surface area contributed by atoms with E-state index in [4.69, 9.17) is 5.84 Å². The number of hydrogen-bond acceptors (Lipinski definition) is 2. The van der Waals surface area contributed by atoms with E-state index in [0.29, 0.717) is 17.9 Å². The van der Waals surface area contributed by atoms with Gasteiger partial charge in [0.1, 0.15) is 11.6 Å². The Bertz CT molecular complexity index is 389. The second-order valence-electron chi connectivity index (χ2n) is 5.11. The van der Waals surface area contributed by atoms with Gasteiger partial charge in [-0.15, -0.1) is 0 Å². The Labute approximate surface area is 107 Å². The van der Waals surface area contributed by atoms with Gasteiger partial charge in [0.05, 0.1) is 0 Å². The Morgan fingerprint density at radius 2 is 1.94 bits per heavy atom. The molecule has 0 bridgehead atoms. The SMILES string of the molecule is NNC(Cc1ccc(F)cc1F)C1CCCCC1. The number of hydrazine groups is 1. The molecule has 2 nitrogen and oxygen atoms in total. The van der Waals surface area contributed by atoms with Crippen LogP contribution in [0, 0.1) is 17.6 Å². The summed E-state index contributed by atoms with van der Waals surface area (Å²) in [4.78, 5) is 0. The molecule has 0 heterocycles. The minimum atomic E-state index is -0.536. The fourth-order valence-corrected chi connectivity index (χ4v) is 2.82. The molecule has 1 aromatic carbocycles. The van der Waals surface area contributed by atoms with Crippen molar-refractivity contribution < 1.29 is 8.78 Å². The first kappa shape index (κ1) is 13.4. The molecule has 1 atom stereocenters. The lowest BCUT2D eigenvalue weighted by Crippen LogP contribution is -2.43. The third kappa shape index (κ3) is 3.27. The minimum Gasteiger partial charge on any atom is -0.271 e. The van der Waals surface area contributed by atoms with Crippen molar-refractivity contribution in [2.75, 3.05) is 0 Å². The van der Waals surface area contributed by atoms with Gasteiger partial charge >= 0.3 is 0 Å². The van der Waals surface area contributed by atoms with Gasteiger partial charge in [0.2, 0.25) is 0 Å². The van der Waals surface area contributed by atoms with Crippen molar-refractivity contribution in [3.8, 4) is 0 Å². The third-order valence-electron chi connectivity index (χ3n) is 3.89. The molecular formula is C14H20F2N2. The molecule has 0 aromatic heterocycles. The fourth-order valence-electron chi connectivity index (χ4n) is 2.82. The predicted molar refractivity (Wildman–Crippen MR) is 67.7 cm³/mol. The quantitative estimate of drug-likeness (QED) is 0.640. The molecule has 1 aliphatic carbocycles. The molecular weight excluding hydrogens is 234 g/mol. The van der Waals surface area contributed by atoms with Crippen LogP contribution in [-0.4, -0.2) is 6.04 Å². The molecule has 4 heteroatoms. The van der Waals surface area contributed by atoms with Gasteiger partial charge in [0, 0.05) is 12.1 Å². The second kappa shape index (κ2) is 6.25. The molecule has 18 heavy (non-hydrogen) atoms. The van der Waals surface area contributed by atoms with E-state index in [1.54, 1.807) is 0 Å². The van der Waals surface area contributed by atoms with Crippen LogP contribution in [0.2, 0.25) is 0 Å².